The summed E-state index contributed by atoms with van der Waals surface area (Å²) < 4.78 is 5.19. The van der Waals surface area contributed by atoms with Gasteiger partial charge in [-0.15, -0.1) is 0 Å². The molecular weight excluding hydrogens is 230 g/mol. The monoisotopic (exact) mass is 247 g/mol. The number of nitrogens with one attached hydrogen (secondary N) is 1. The van der Waals surface area contributed by atoms with Crippen molar-refractivity contribution in [3.8, 4) is 0 Å². The second-order valence-electron chi connectivity index (χ2n) is 4.72. The van der Waals surface area contributed by atoms with Crippen molar-refractivity contribution < 1.29 is 9.53 Å². The molecule has 0 saturated heterocycles. The molecule has 2 aromatic rings. The van der Waals surface area contributed by atoms with Gasteiger partial charge < -0.3 is 10.5 Å². The van der Waals surface area contributed by atoms with E-state index in [1.807, 2.05) is 0 Å². The largest absolute Gasteiger partial charge is 0.462 e. The van der Waals surface area contributed by atoms with Gasteiger partial charge in [-0.1, -0.05) is 13.8 Å². The van der Waals surface area contributed by atoms with Gasteiger partial charge in [0, 0.05) is 11.1 Å². The first-order chi connectivity index (χ1) is 8.58. The van der Waals surface area contributed by atoms with Gasteiger partial charge in [-0.25, -0.2) is 4.79 Å². The average Bonchev–Trinajstić information content (AvgIpc) is 2.74. The van der Waals surface area contributed by atoms with E-state index in [0.717, 1.165) is 17.3 Å². The Balaban J connectivity index is 2.14. The smallest absolute Gasteiger partial charge is 0.340 e. The molecule has 1 aromatic carbocycles. The number of ether oxygens (including phenoxy) is 1. The van der Waals surface area contributed by atoms with Crippen molar-refractivity contribution in [2.45, 2.75) is 20.3 Å². The Morgan fingerprint density at radius 1 is 1.50 bits per heavy atom. The Labute approximate surface area is 105 Å². The zero-order valence-corrected chi connectivity index (χ0v) is 10.6. The SMILES string of the molecule is CC(C)CCOC(=O)c1cc2[nH]ncc2cc1N. The van der Waals surface area contributed by atoms with Crippen LogP contribution in [0.25, 0.3) is 10.9 Å². The van der Waals surface area contributed by atoms with E-state index in [0.29, 0.717) is 23.8 Å². The predicted molar refractivity (Wildman–Crippen MR) is 70.2 cm³/mol. The van der Waals surface area contributed by atoms with Crippen LogP contribution in [0.5, 0.6) is 0 Å². The lowest BCUT2D eigenvalue weighted by molar-refractivity contribution is 0.0489. The molecule has 0 aliphatic rings. The number of aromatic amines is 1. The van der Waals surface area contributed by atoms with Gasteiger partial charge in [0.1, 0.15) is 0 Å². The summed E-state index contributed by atoms with van der Waals surface area (Å²) in [5.74, 6) is 0.120. The number of nitrogen functional groups attached to an aromatic ring is 1. The molecule has 1 heterocycles. The van der Waals surface area contributed by atoms with Crippen molar-refractivity contribution in [1.29, 1.82) is 0 Å². The highest BCUT2D eigenvalue weighted by molar-refractivity contribution is 6.00. The maximum absolute atomic E-state index is 11.9. The highest BCUT2D eigenvalue weighted by Crippen LogP contribution is 2.21. The predicted octanol–water partition coefficient (Wildman–Crippen LogP) is 2.35. The Bertz CT molecular complexity index is 560. The van der Waals surface area contributed by atoms with Crippen molar-refractivity contribution in [2.75, 3.05) is 12.3 Å². The van der Waals surface area contributed by atoms with E-state index in [-0.39, 0.29) is 5.97 Å². The first-order valence-electron chi connectivity index (χ1n) is 5.97. The number of benzene rings is 1. The molecule has 96 valence electrons. The number of carbonyl (C=O) groups is 1. The topological polar surface area (TPSA) is 81.0 Å². The summed E-state index contributed by atoms with van der Waals surface area (Å²) in [5.41, 5.74) is 7.41. The van der Waals surface area contributed by atoms with Gasteiger partial charge in [0.15, 0.2) is 0 Å². The minimum atomic E-state index is -0.385. The lowest BCUT2D eigenvalue weighted by Crippen LogP contribution is -2.10. The molecule has 0 spiro atoms. The molecule has 0 bridgehead atoms. The number of carbonyl (C=O) groups excluding carboxylic acids is 1. The van der Waals surface area contributed by atoms with Gasteiger partial charge in [0.2, 0.25) is 0 Å². The summed E-state index contributed by atoms with van der Waals surface area (Å²) in [4.78, 5) is 11.9. The van der Waals surface area contributed by atoms with Crippen LogP contribution < -0.4 is 5.73 Å². The number of aromatic nitrogens is 2. The number of fused-ring (bicyclic) bond motifs is 1. The number of nitrogens with two attached hydrogens (primary N) is 1. The minimum absolute atomic E-state index is 0.385. The summed E-state index contributed by atoms with van der Waals surface area (Å²) >= 11 is 0. The molecular formula is C13H17N3O2. The molecule has 0 radical (unpaired) electrons. The zero-order valence-electron chi connectivity index (χ0n) is 10.6. The molecule has 0 fully saturated rings. The van der Waals surface area contributed by atoms with Crippen molar-refractivity contribution >= 4 is 22.6 Å². The molecule has 0 unspecified atom stereocenters. The van der Waals surface area contributed by atoms with Crippen LogP contribution in [0, 0.1) is 5.92 Å². The van der Waals surface area contributed by atoms with Crippen LogP contribution in [-0.2, 0) is 4.74 Å². The Hall–Kier alpha value is -2.04. The molecule has 2 rings (SSSR count). The highest BCUT2D eigenvalue weighted by atomic mass is 16.5. The second-order valence-corrected chi connectivity index (χ2v) is 4.72. The lowest BCUT2D eigenvalue weighted by atomic mass is 10.1. The molecule has 0 atom stereocenters. The first kappa shape index (κ1) is 12.4. The number of anilines is 1. The Kier molecular flexibility index (Phi) is 3.50. The summed E-state index contributed by atoms with van der Waals surface area (Å²) in [6.45, 7) is 4.58. The number of H-pyrrole nitrogens is 1. The molecule has 3 N–H and O–H groups in total. The van der Waals surface area contributed by atoms with Gasteiger partial charge in [-0.2, -0.15) is 5.10 Å². The van der Waals surface area contributed by atoms with Crippen LogP contribution in [-0.4, -0.2) is 22.8 Å². The van der Waals surface area contributed by atoms with Crippen LogP contribution >= 0.6 is 0 Å². The van der Waals surface area contributed by atoms with Crippen molar-refractivity contribution in [3.05, 3.63) is 23.9 Å². The van der Waals surface area contributed by atoms with Crippen molar-refractivity contribution in [2.24, 2.45) is 5.92 Å². The molecule has 0 aliphatic heterocycles. The fourth-order valence-electron chi connectivity index (χ4n) is 1.65. The molecule has 1 aromatic heterocycles. The van der Waals surface area contributed by atoms with Crippen LogP contribution in [0.1, 0.15) is 30.6 Å². The fraction of sp³-hybridized carbons (Fsp3) is 0.385. The fourth-order valence-corrected chi connectivity index (χ4v) is 1.65. The van der Waals surface area contributed by atoms with Crippen LogP contribution in [0.4, 0.5) is 5.69 Å². The van der Waals surface area contributed by atoms with Crippen LogP contribution in [0.3, 0.4) is 0 Å². The maximum Gasteiger partial charge on any atom is 0.340 e. The van der Waals surface area contributed by atoms with Gasteiger partial charge in [0.25, 0.3) is 0 Å². The van der Waals surface area contributed by atoms with E-state index in [1.165, 1.54) is 0 Å². The van der Waals surface area contributed by atoms with Crippen molar-refractivity contribution in [3.63, 3.8) is 0 Å². The van der Waals surface area contributed by atoms with E-state index < -0.39 is 0 Å². The summed E-state index contributed by atoms with van der Waals surface area (Å²) in [5, 5.41) is 7.58. The van der Waals surface area contributed by atoms with Crippen LogP contribution in [0.2, 0.25) is 0 Å². The van der Waals surface area contributed by atoms with E-state index in [2.05, 4.69) is 24.0 Å². The summed E-state index contributed by atoms with van der Waals surface area (Å²) in [6, 6.07) is 3.40. The van der Waals surface area contributed by atoms with E-state index >= 15 is 0 Å². The van der Waals surface area contributed by atoms with E-state index in [1.54, 1.807) is 18.3 Å². The highest BCUT2D eigenvalue weighted by Gasteiger charge is 2.13. The maximum atomic E-state index is 11.9. The van der Waals surface area contributed by atoms with Gasteiger partial charge in [-0.3, -0.25) is 5.10 Å². The number of esters is 1. The molecule has 5 heteroatoms. The summed E-state index contributed by atoms with van der Waals surface area (Å²) in [7, 11) is 0. The van der Waals surface area contributed by atoms with E-state index in [4.69, 9.17) is 10.5 Å². The van der Waals surface area contributed by atoms with E-state index in [9.17, 15) is 4.79 Å². The van der Waals surface area contributed by atoms with Crippen LogP contribution in [0.15, 0.2) is 18.3 Å². The average molecular weight is 247 g/mol. The van der Waals surface area contributed by atoms with Gasteiger partial charge >= 0.3 is 5.97 Å². The van der Waals surface area contributed by atoms with Crippen molar-refractivity contribution in [1.82, 2.24) is 10.2 Å². The third-order valence-corrected chi connectivity index (χ3v) is 2.76. The molecule has 0 saturated carbocycles. The summed E-state index contributed by atoms with van der Waals surface area (Å²) in [6.07, 6.45) is 2.51. The third-order valence-electron chi connectivity index (χ3n) is 2.76. The third kappa shape index (κ3) is 2.61. The van der Waals surface area contributed by atoms with Gasteiger partial charge in [0.05, 0.1) is 23.9 Å². The number of rotatable bonds is 4. The standard InChI is InChI=1S/C13H17N3O2/c1-8(2)3-4-18-13(17)10-6-12-9(5-11(10)14)7-15-16-12/h5-8H,3-4,14H2,1-2H3,(H,15,16). The number of hydrogen-bond acceptors (Lipinski definition) is 4. The lowest BCUT2D eigenvalue weighted by Gasteiger charge is -2.08. The number of nitrogens with zero attached hydrogens (tertiary/aromatic N) is 1. The normalized spacial score (nSPS) is 11.1. The number of hydrogen-bond donors (Lipinski definition) is 2. The molecule has 5 nitrogen and oxygen atoms in total. The quantitative estimate of drug-likeness (QED) is 0.642. The molecule has 18 heavy (non-hydrogen) atoms. The molecule has 0 amide bonds. The van der Waals surface area contributed by atoms with Gasteiger partial charge in [-0.05, 0) is 24.5 Å². The second kappa shape index (κ2) is 5.08. The molecule has 0 aliphatic carbocycles. The minimum Gasteiger partial charge on any atom is -0.462 e. The Morgan fingerprint density at radius 3 is 3.00 bits per heavy atom. The zero-order chi connectivity index (χ0) is 13.1. The Morgan fingerprint density at radius 2 is 2.28 bits per heavy atom. The first-order valence-corrected chi connectivity index (χ1v) is 5.97.